The number of aromatic nitrogens is 2. The number of nitrogens with zero attached hydrogens (tertiary/aromatic N) is 3. The predicted molar refractivity (Wildman–Crippen MR) is 107 cm³/mol. The first-order valence-corrected chi connectivity index (χ1v) is 9.50. The highest BCUT2D eigenvalue weighted by Gasteiger charge is 2.24. The first-order chi connectivity index (χ1) is 13.0. The van der Waals surface area contributed by atoms with Gasteiger partial charge in [0.25, 0.3) is 5.91 Å². The Morgan fingerprint density at radius 1 is 1.07 bits per heavy atom. The minimum atomic E-state index is -0.219. The Balaban J connectivity index is 1.78. The summed E-state index contributed by atoms with van der Waals surface area (Å²) in [5, 5.41) is 4.55. The lowest BCUT2D eigenvalue weighted by atomic mass is 10.1. The van der Waals surface area contributed by atoms with E-state index >= 15 is 0 Å². The summed E-state index contributed by atoms with van der Waals surface area (Å²) in [7, 11) is 0. The summed E-state index contributed by atoms with van der Waals surface area (Å²) in [5.41, 5.74) is 4.62. The second kappa shape index (κ2) is 6.96. The molecule has 4 aromatic rings. The zero-order chi connectivity index (χ0) is 19.0. The van der Waals surface area contributed by atoms with Crippen molar-refractivity contribution < 1.29 is 9.32 Å². The van der Waals surface area contributed by atoms with Gasteiger partial charge in [0, 0.05) is 6.07 Å². The van der Waals surface area contributed by atoms with Gasteiger partial charge in [-0.05, 0) is 49.6 Å². The van der Waals surface area contributed by atoms with E-state index in [1.165, 1.54) is 22.5 Å². The number of carbonyl (C=O) groups excluding carboxylic acids is 1. The van der Waals surface area contributed by atoms with E-state index in [0.29, 0.717) is 17.4 Å². The van der Waals surface area contributed by atoms with Crippen LogP contribution in [-0.2, 0) is 6.54 Å². The fourth-order valence-electron chi connectivity index (χ4n) is 2.88. The van der Waals surface area contributed by atoms with E-state index in [2.05, 4.69) is 31.1 Å². The van der Waals surface area contributed by atoms with Gasteiger partial charge < -0.3 is 4.52 Å². The molecule has 0 bridgehead atoms. The Morgan fingerprint density at radius 2 is 1.81 bits per heavy atom. The van der Waals surface area contributed by atoms with E-state index in [4.69, 9.17) is 9.51 Å². The number of thiazole rings is 1. The minimum absolute atomic E-state index is 0.219. The van der Waals surface area contributed by atoms with Gasteiger partial charge in [0.05, 0.1) is 16.8 Å². The van der Waals surface area contributed by atoms with Crippen LogP contribution in [-0.4, -0.2) is 16.0 Å². The highest BCUT2D eigenvalue weighted by atomic mass is 32.1. The molecule has 0 saturated heterocycles. The molecule has 0 aliphatic rings. The van der Waals surface area contributed by atoms with Gasteiger partial charge in [-0.3, -0.25) is 9.69 Å². The molecule has 2 heterocycles. The van der Waals surface area contributed by atoms with Crippen LogP contribution in [0.3, 0.4) is 0 Å². The molecule has 0 spiro atoms. The summed E-state index contributed by atoms with van der Waals surface area (Å²) >= 11 is 1.51. The van der Waals surface area contributed by atoms with Crippen molar-refractivity contribution in [1.29, 1.82) is 0 Å². The molecule has 1 amide bonds. The molecule has 0 aliphatic heterocycles. The SMILES string of the molecule is Cc1cc(C(=O)N(Cc2ccccc2)c2nc3cc(C)c(C)cc3s2)no1. The van der Waals surface area contributed by atoms with Crippen LogP contribution in [0.25, 0.3) is 10.2 Å². The van der Waals surface area contributed by atoms with Crippen LogP contribution in [0.15, 0.2) is 53.1 Å². The Kier molecular flexibility index (Phi) is 4.49. The minimum Gasteiger partial charge on any atom is -0.361 e. The average molecular weight is 377 g/mol. The highest BCUT2D eigenvalue weighted by molar-refractivity contribution is 7.22. The Morgan fingerprint density at radius 3 is 2.52 bits per heavy atom. The molecule has 0 fully saturated rings. The number of fused-ring (bicyclic) bond motifs is 1. The third-order valence-electron chi connectivity index (χ3n) is 4.50. The van der Waals surface area contributed by atoms with E-state index in [0.717, 1.165) is 15.8 Å². The first-order valence-electron chi connectivity index (χ1n) is 8.68. The van der Waals surface area contributed by atoms with Gasteiger partial charge in [-0.1, -0.05) is 46.8 Å². The standard InChI is InChI=1S/C21H19N3O2S/c1-13-9-17-19(10-14(13)2)27-21(22-17)24(12-16-7-5-4-6-8-16)20(25)18-11-15(3)26-23-18/h4-11H,12H2,1-3H3. The van der Waals surface area contributed by atoms with Gasteiger partial charge in [-0.15, -0.1) is 0 Å². The molecule has 5 nitrogen and oxygen atoms in total. The molecular formula is C21H19N3O2S. The summed E-state index contributed by atoms with van der Waals surface area (Å²) in [6.07, 6.45) is 0. The van der Waals surface area contributed by atoms with Crippen molar-refractivity contribution in [2.75, 3.05) is 4.90 Å². The molecule has 2 aromatic heterocycles. The maximum absolute atomic E-state index is 13.1. The van der Waals surface area contributed by atoms with Crippen LogP contribution in [0.1, 0.15) is 32.9 Å². The molecule has 0 atom stereocenters. The molecule has 2 aromatic carbocycles. The molecule has 0 N–H and O–H groups in total. The number of anilines is 1. The summed E-state index contributed by atoms with van der Waals surface area (Å²) in [6.45, 7) is 6.34. The van der Waals surface area contributed by atoms with Gasteiger partial charge in [0.15, 0.2) is 10.8 Å². The number of hydrogen-bond acceptors (Lipinski definition) is 5. The summed E-state index contributed by atoms with van der Waals surface area (Å²) in [6, 6.07) is 15.7. The molecule has 0 unspecified atom stereocenters. The van der Waals surface area contributed by atoms with Crippen LogP contribution in [0.5, 0.6) is 0 Å². The lowest BCUT2D eigenvalue weighted by molar-refractivity contribution is 0.0976. The summed E-state index contributed by atoms with van der Waals surface area (Å²) in [4.78, 5) is 19.5. The second-order valence-corrected chi connectivity index (χ2v) is 7.61. The Hall–Kier alpha value is -2.99. The normalized spacial score (nSPS) is 11.1. The third kappa shape index (κ3) is 3.48. The van der Waals surface area contributed by atoms with Crippen molar-refractivity contribution in [2.45, 2.75) is 27.3 Å². The number of benzene rings is 2. The molecule has 0 saturated carbocycles. The van der Waals surface area contributed by atoms with E-state index < -0.39 is 0 Å². The average Bonchev–Trinajstić information content (AvgIpc) is 3.26. The number of carbonyl (C=O) groups is 1. The molecular weight excluding hydrogens is 358 g/mol. The second-order valence-electron chi connectivity index (χ2n) is 6.60. The van der Waals surface area contributed by atoms with Crippen molar-refractivity contribution in [2.24, 2.45) is 0 Å². The fourth-order valence-corrected chi connectivity index (χ4v) is 3.92. The lowest BCUT2D eigenvalue weighted by Gasteiger charge is -2.18. The quantitative estimate of drug-likeness (QED) is 0.499. The van der Waals surface area contributed by atoms with Crippen LogP contribution in [0.2, 0.25) is 0 Å². The fraction of sp³-hybridized carbons (Fsp3) is 0.190. The zero-order valence-corrected chi connectivity index (χ0v) is 16.2. The predicted octanol–water partition coefficient (Wildman–Crippen LogP) is 5.06. The van der Waals surface area contributed by atoms with E-state index in [-0.39, 0.29) is 11.6 Å². The molecule has 136 valence electrons. The number of aryl methyl sites for hydroxylation is 3. The number of rotatable bonds is 4. The van der Waals surface area contributed by atoms with Crippen molar-refractivity contribution in [3.05, 3.63) is 76.7 Å². The summed E-state index contributed by atoms with van der Waals surface area (Å²) in [5.74, 6) is 0.386. The molecule has 27 heavy (non-hydrogen) atoms. The maximum Gasteiger partial charge on any atom is 0.282 e. The molecule has 4 rings (SSSR count). The van der Waals surface area contributed by atoms with Crippen molar-refractivity contribution in [1.82, 2.24) is 10.1 Å². The summed E-state index contributed by atoms with van der Waals surface area (Å²) < 4.78 is 6.16. The molecule has 0 radical (unpaired) electrons. The van der Waals surface area contributed by atoms with E-state index in [9.17, 15) is 4.79 Å². The van der Waals surface area contributed by atoms with E-state index in [1.54, 1.807) is 17.9 Å². The van der Waals surface area contributed by atoms with Gasteiger partial charge in [0.2, 0.25) is 0 Å². The Bertz CT molecular complexity index is 1080. The van der Waals surface area contributed by atoms with Crippen LogP contribution >= 0.6 is 11.3 Å². The monoisotopic (exact) mass is 377 g/mol. The Labute approximate surface area is 161 Å². The molecule has 6 heteroatoms. The van der Waals surface area contributed by atoms with Crippen molar-refractivity contribution in [3.8, 4) is 0 Å². The lowest BCUT2D eigenvalue weighted by Crippen LogP contribution is -2.30. The number of amides is 1. The van der Waals surface area contributed by atoms with Crippen molar-refractivity contribution in [3.63, 3.8) is 0 Å². The zero-order valence-electron chi connectivity index (χ0n) is 15.4. The van der Waals surface area contributed by atoms with Gasteiger partial charge in [-0.25, -0.2) is 4.98 Å². The van der Waals surface area contributed by atoms with Gasteiger partial charge in [-0.2, -0.15) is 0 Å². The highest BCUT2D eigenvalue weighted by Crippen LogP contribution is 2.32. The number of hydrogen-bond donors (Lipinski definition) is 0. The maximum atomic E-state index is 13.1. The van der Waals surface area contributed by atoms with Gasteiger partial charge >= 0.3 is 0 Å². The smallest absolute Gasteiger partial charge is 0.282 e. The van der Waals surface area contributed by atoms with Gasteiger partial charge in [0.1, 0.15) is 5.76 Å². The first kappa shape index (κ1) is 17.4. The third-order valence-corrected chi connectivity index (χ3v) is 5.54. The van der Waals surface area contributed by atoms with E-state index in [1.807, 2.05) is 30.3 Å². The largest absolute Gasteiger partial charge is 0.361 e. The van der Waals surface area contributed by atoms with Crippen LogP contribution < -0.4 is 4.90 Å². The van der Waals surface area contributed by atoms with Crippen LogP contribution in [0.4, 0.5) is 5.13 Å². The molecule has 0 aliphatic carbocycles. The van der Waals surface area contributed by atoms with Crippen molar-refractivity contribution >= 4 is 32.6 Å². The van der Waals surface area contributed by atoms with Crippen LogP contribution in [0, 0.1) is 20.8 Å². The topological polar surface area (TPSA) is 59.2 Å².